The van der Waals surface area contributed by atoms with Crippen molar-refractivity contribution in [1.29, 1.82) is 0 Å². The molecule has 1 unspecified atom stereocenters. The Hall–Kier alpha value is -1.70. The molecule has 1 N–H and O–H groups in total. The van der Waals surface area contributed by atoms with Gasteiger partial charge in [-0.2, -0.15) is 5.10 Å². The minimum Gasteiger partial charge on any atom is -0.378 e. The zero-order valence-electron chi connectivity index (χ0n) is 17.2. The first-order chi connectivity index (χ1) is 14.4. The molecule has 2 aliphatic rings. The number of hydrogen-bond acceptors (Lipinski definition) is 5. The SMILES string of the molecule is C[C@H]1C[C@@]2(CCN1Cc1cnn(C)c1)OCC(O)(c1ccccc1)c1cc(Cl)sc12. The molecule has 5 rings (SSSR count). The number of aliphatic hydroxyl groups is 1. The maximum atomic E-state index is 11.6. The Bertz CT molecular complexity index is 1050. The topological polar surface area (TPSA) is 50.5 Å². The molecule has 1 fully saturated rings. The average molecular weight is 444 g/mol. The molecule has 2 aliphatic heterocycles. The molecule has 1 saturated heterocycles. The van der Waals surface area contributed by atoms with Crippen LogP contribution < -0.4 is 0 Å². The van der Waals surface area contributed by atoms with E-state index in [-0.39, 0.29) is 12.2 Å². The van der Waals surface area contributed by atoms with Crippen molar-refractivity contribution in [3.63, 3.8) is 0 Å². The fourth-order valence-electron chi connectivity index (χ4n) is 4.96. The van der Waals surface area contributed by atoms with E-state index in [0.29, 0.717) is 10.4 Å². The standard InChI is InChI=1S/C23H26ClN3O2S/c1-16-11-22(8-9-27(16)14-17-12-25-26(2)13-17)21-19(10-20(24)30-21)23(28,15-29-22)18-6-4-3-5-7-18/h3-7,10,12-13,16,28H,8-9,11,14-15H2,1-2H3/t16-,22+,23?/m0/s1. The summed E-state index contributed by atoms with van der Waals surface area (Å²) < 4.78 is 9.09. The molecule has 7 heteroatoms. The number of nitrogens with zero attached hydrogens (tertiary/aromatic N) is 3. The summed E-state index contributed by atoms with van der Waals surface area (Å²) in [5.74, 6) is 0. The second kappa shape index (κ2) is 7.46. The number of thiophene rings is 1. The predicted octanol–water partition coefficient (Wildman–Crippen LogP) is 4.28. The van der Waals surface area contributed by atoms with Crippen LogP contribution in [0.1, 0.15) is 41.3 Å². The smallest absolute Gasteiger partial charge is 0.139 e. The van der Waals surface area contributed by atoms with Crippen molar-refractivity contribution in [2.45, 2.75) is 43.6 Å². The van der Waals surface area contributed by atoms with Gasteiger partial charge in [0.15, 0.2) is 0 Å². The van der Waals surface area contributed by atoms with Crippen molar-refractivity contribution in [3.8, 4) is 0 Å². The van der Waals surface area contributed by atoms with Crippen LogP contribution in [0.15, 0.2) is 48.8 Å². The summed E-state index contributed by atoms with van der Waals surface area (Å²) in [4.78, 5) is 3.57. The predicted molar refractivity (Wildman–Crippen MR) is 119 cm³/mol. The molecule has 3 atom stereocenters. The molecule has 0 aliphatic carbocycles. The number of likely N-dealkylation sites (tertiary alicyclic amines) is 1. The summed E-state index contributed by atoms with van der Waals surface area (Å²) in [6, 6.07) is 12.0. The van der Waals surface area contributed by atoms with Crippen LogP contribution in [0.4, 0.5) is 0 Å². The van der Waals surface area contributed by atoms with Gasteiger partial charge in [-0.05, 0) is 31.4 Å². The molecular weight excluding hydrogens is 418 g/mol. The van der Waals surface area contributed by atoms with Gasteiger partial charge >= 0.3 is 0 Å². The van der Waals surface area contributed by atoms with Crippen molar-refractivity contribution in [1.82, 2.24) is 14.7 Å². The van der Waals surface area contributed by atoms with Gasteiger partial charge in [-0.15, -0.1) is 11.3 Å². The monoisotopic (exact) mass is 443 g/mol. The lowest BCUT2D eigenvalue weighted by Crippen LogP contribution is -2.53. The van der Waals surface area contributed by atoms with E-state index in [2.05, 4.69) is 23.1 Å². The molecule has 1 spiro atoms. The number of aromatic nitrogens is 2. The highest BCUT2D eigenvalue weighted by Gasteiger charge is 2.51. The third-order valence-corrected chi connectivity index (χ3v) is 8.01. The molecular formula is C23H26ClN3O2S. The first-order valence-corrected chi connectivity index (χ1v) is 11.5. The van der Waals surface area contributed by atoms with Gasteiger partial charge in [0.05, 0.1) is 17.1 Å². The molecule has 4 heterocycles. The van der Waals surface area contributed by atoms with E-state index in [1.165, 1.54) is 5.56 Å². The van der Waals surface area contributed by atoms with Crippen molar-refractivity contribution in [2.24, 2.45) is 7.05 Å². The van der Waals surface area contributed by atoms with Crippen LogP contribution in [-0.2, 0) is 29.5 Å². The van der Waals surface area contributed by atoms with Crippen LogP contribution in [0, 0.1) is 0 Å². The summed E-state index contributed by atoms with van der Waals surface area (Å²) in [6.45, 7) is 4.31. The quantitative estimate of drug-likeness (QED) is 0.656. The van der Waals surface area contributed by atoms with E-state index in [9.17, 15) is 5.11 Å². The molecule has 0 radical (unpaired) electrons. The van der Waals surface area contributed by atoms with Gasteiger partial charge in [-0.3, -0.25) is 9.58 Å². The van der Waals surface area contributed by atoms with Gasteiger partial charge in [-0.1, -0.05) is 41.9 Å². The Morgan fingerprint density at radius 1 is 1.33 bits per heavy atom. The minimum absolute atomic E-state index is 0.242. The molecule has 0 amide bonds. The first kappa shape index (κ1) is 20.2. The van der Waals surface area contributed by atoms with Gasteiger partial charge < -0.3 is 9.84 Å². The Kier molecular flexibility index (Phi) is 5.03. The van der Waals surface area contributed by atoms with Gasteiger partial charge in [0.1, 0.15) is 11.2 Å². The van der Waals surface area contributed by atoms with Crippen molar-refractivity contribution in [3.05, 3.63) is 74.7 Å². The second-order valence-electron chi connectivity index (χ2n) is 8.60. The van der Waals surface area contributed by atoms with E-state index < -0.39 is 5.60 Å². The summed E-state index contributed by atoms with van der Waals surface area (Å²) >= 11 is 8.03. The van der Waals surface area contributed by atoms with Crippen molar-refractivity contribution in [2.75, 3.05) is 13.2 Å². The fourth-order valence-corrected chi connectivity index (χ4v) is 6.44. The third kappa shape index (κ3) is 3.31. The lowest BCUT2D eigenvalue weighted by Gasteiger charge is -2.50. The molecule has 0 saturated carbocycles. The number of rotatable bonds is 3. The molecule has 0 bridgehead atoms. The summed E-state index contributed by atoms with van der Waals surface area (Å²) in [5, 5.41) is 15.9. The van der Waals surface area contributed by atoms with E-state index in [4.69, 9.17) is 16.3 Å². The molecule has 2 aromatic heterocycles. The zero-order chi connectivity index (χ0) is 20.9. The van der Waals surface area contributed by atoms with E-state index in [0.717, 1.165) is 41.9 Å². The van der Waals surface area contributed by atoms with Gasteiger partial charge in [0.2, 0.25) is 0 Å². The van der Waals surface area contributed by atoms with Crippen molar-refractivity contribution < 1.29 is 9.84 Å². The van der Waals surface area contributed by atoms with Crippen LogP contribution in [-0.4, -0.2) is 39.0 Å². The van der Waals surface area contributed by atoms with Gasteiger partial charge in [-0.25, -0.2) is 0 Å². The second-order valence-corrected chi connectivity index (χ2v) is 10.3. The van der Waals surface area contributed by atoms with Crippen LogP contribution in [0.3, 0.4) is 0 Å². The first-order valence-electron chi connectivity index (χ1n) is 10.3. The number of fused-ring (bicyclic) bond motifs is 2. The number of benzene rings is 1. The Morgan fingerprint density at radius 3 is 2.83 bits per heavy atom. The number of hydrogen-bond donors (Lipinski definition) is 1. The van der Waals surface area contributed by atoms with E-state index in [1.54, 1.807) is 11.3 Å². The number of piperidine rings is 1. The normalized spacial score (nSPS) is 29.3. The Balaban J connectivity index is 1.44. The lowest BCUT2D eigenvalue weighted by molar-refractivity contribution is -0.160. The van der Waals surface area contributed by atoms with Gasteiger partial charge in [0.25, 0.3) is 0 Å². The van der Waals surface area contributed by atoms with Crippen LogP contribution in [0.25, 0.3) is 0 Å². The minimum atomic E-state index is -1.17. The van der Waals surface area contributed by atoms with E-state index in [1.807, 2.05) is 54.3 Å². The van der Waals surface area contributed by atoms with Gasteiger partial charge in [0, 0.05) is 48.4 Å². The molecule has 5 nitrogen and oxygen atoms in total. The molecule has 3 aromatic rings. The maximum Gasteiger partial charge on any atom is 0.139 e. The number of ether oxygens (including phenoxy) is 1. The average Bonchev–Trinajstić information content (AvgIpc) is 3.34. The molecule has 1 aromatic carbocycles. The van der Waals surface area contributed by atoms with Crippen LogP contribution in [0.2, 0.25) is 4.34 Å². The highest BCUT2D eigenvalue weighted by Crippen LogP contribution is 2.53. The zero-order valence-corrected chi connectivity index (χ0v) is 18.8. The molecule has 158 valence electrons. The van der Waals surface area contributed by atoms with E-state index >= 15 is 0 Å². The fraction of sp³-hybridized carbons (Fsp3) is 0.435. The summed E-state index contributed by atoms with van der Waals surface area (Å²) in [6.07, 6.45) is 5.77. The third-order valence-electron chi connectivity index (χ3n) is 6.57. The maximum absolute atomic E-state index is 11.6. The highest BCUT2D eigenvalue weighted by molar-refractivity contribution is 7.16. The Morgan fingerprint density at radius 2 is 2.13 bits per heavy atom. The highest BCUT2D eigenvalue weighted by atomic mass is 35.5. The van der Waals surface area contributed by atoms with Crippen LogP contribution >= 0.6 is 22.9 Å². The van der Waals surface area contributed by atoms with Crippen molar-refractivity contribution >= 4 is 22.9 Å². The number of aryl methyl sites for hydroxylation is 1. The summed E-state index contributed by atoms with van der Waals surface area (Å²) in [5.41, 5.74) is 1.42. The molecule has 30 heavy (non-hydrogen) atoms. The van der Waals surface area contributed by atoms with Crippen LogP contribution in [0.5, 0.6) is 0 Å². The Labute approximate surface area is 185 Å². The largest absolute Gasteiger partial charge is 0.378 e. The number of halogens is 1. The lowest BCUT2D eigenvalue weighted by atomic mass is 9.76. The summed E-state index contributed by atoms with van der Waals surface area (Å²) in [7, 11) is 1.95.